The number of esters is 1. The second-order valence-corrected chi connectivity index (χ2v) is 3.67. The van der Waals surface area contributed by atoms with Gasteiger partial charge in [0.15, 0.2) is 0 Å². The minimum absolute atomic E-state index is 0.0181. The van der Waals surface area contributed by atoms with Crippen LogP contribution in [0.4, 0.5) is 8.78 Å². The first-order valence-corrected chi connectivity index (χ1v) is 5.59. The van der Waals surface area contributed by atoms with Crippen LogP contribution in [0.3, 0.4) is 0 Å². The standard InChI is InChI=1S/C13H13F2NO3/c1-3-9-10(6-12(17)18-2)8(7-16)4-5-11(9)19-13(14)15/h4-5,13H,3,6H2,1-2H3. The van der Waals surface area contributed by atoms with Gasteiger partial charge in [-0.05, 0) is 29.7 Å². The molecule has 0 aromatic heterocycles. The molecule has 0 amide bonds. The number of carbonyl (C=O) groups is 1. The summed E-state index contributed by atoms with van der Waals surface area (Å²) in [5.41, 5.74) is 1.05. The average Bonchev–Trinajstić information content (AvgIpc) is 2.38. The molecule has 0 spiro atoms. The predicted molar refractivity (Wildman–Crippen MR) is 62.9 cm³/mol. The Labute approximate surface area is 109 Å². The normalized spacial score (nSPS) is 10.1. The van der Waals surface area contributed by atoms with Crippen LogP contribution in [0.2, 0.25) is 0 Å². The molecular formula is C13H13F2NO3. The lowest BCUT2D eigenvalue weighted by Crippen LogP contribution is -2.11. The molecule has 1 rings (SSSR count). The van der Waals surface area contributed by atoms with E-state index in [-0.39, 0.29) is 17.7 Å². The highest BCUT2D eigenvalue weighted by Crippen LogP contribution is 2.28. The summed E-state index contributed by atoms with van der Waals surface area (Å²) < 4.78 is 33.5. The first kappa shape index (κ1) is 14.9. The molecule has 0 bridgehead atoms. The van der Waals surface area contributed by atoms with Crippen molar-refractivity contribution in [2.45, 2.75) is 26.4 Å². The van der Waals surface area contributed by atoms with Crippen LogP contribution >= 0.6 is 0 Å². The van der Waals surface area contributed by atoms with Crippen molar-refractivity contribution in [1.82, 2.24) is 0 Å². The number of nitrogens with zero attached hydrogens (tertiary/aromatic N) is 1. The number of hydrogen-bond acceptors (Lipinski definition) is 4. The third-order valence-corrected chi connectivity index (χ3v) is 2.63. The third-order valence-electron chi connectivity index (χ3n) is 2.63. The molecule has 6 heteroatoms. The van der Waals surface area contributed by atoms with Crippen molar-refractivity contribution in [2.75, 3.05) is 7.11 Å². The summed E-state index contributed by atoms with van der Waals surface area (Å²) >= 11 is 0. The smallest absolute Gasteiger partial charge is 0.387 e. The van der Waals surface area contributed by atoms with Gasteiger partial charge >= 0.3 is 12.6 Å². The Kier molecular flexibility index (Phi) is 5.24. The Bertz CT molecular complexity index is 509. The molecule has 0 heterocycles. The van der Waals surface area contributed by atoms with Gasteiger partial charge in [-0.1, -0.05) is 6.92 Å². The Morgan fingerprint density at radius 1 is 1.42 bits per heavy atom. The molecule has 0 atom stereocenters. The van der Waals surface area contributed by atoms with E-state index in [9.17, 15) is 13.6 Å². The average molecular weight is 269 g/mol. The number of ether oxygens (including phenoxy) is 2. The van der Waals surface area contributed by atoms with Gasteiger partial charge in [0.1, 0.15) is 5.75 Å². The molecule has 0 radical (unpaired) electrons. The van der Waals surface area contributed by atoms with Gasteiger partial charge in [-0.2, -0.15) is 14.0 Å². The summed E-state index contributed by atoms with van der Waals surface area (Å²) in [5.74, 6) is -0.559. The third kappa shape index (κ3) is 3.65. The summed E-state index contributed by atoms with van der Waals surface area (Å²) in [7, 11) is 1.22. The predicted octanol–water partition coefficient (Wildman–Crippen LogP) is 2.44. The number of nitriles is 1. The zero-order chi connectivity index (χ0) is 14.4. The largest absolute Gasteiger partial charge is 0.469 e. The van der Waals surface area contributed by atoms with Gasteiger partial charge in [0.25, 0.3) is 0 Å². The fourth-order valence-electron chi connectivity index (χ4n) is 1.79. The van der Waals surface area contributed by atoms with E-state index in [2.05, 4.69) is 9.47 Å². The fourth-order valence-corrected chi connectivity index (χ4v) is 1.79. The lowest BCUT2D eigenvalue weighted by atomic mass is 9.96. The first-order chi connectivity index (χ1) is 9.03. The van der Waals surface area contributed by atoms with Gasteiger partial charge < -0.3 is 9.47 Å². The molecule has 0 aliphatic heterocycles. The molecule has 0 N–H and O–H groups in total. The van der Waals surface area contributed by atoms with Crippen LogP contribution in [0.25, 0.3) is 0 Å². The first-order valence-electron chi connectivity index (χ1n) is 5.59. The number of halogens is 2. The van der Waals surface area contributed by atoms with E-state index >= 15 is 0 Å². The lowest BCUT2D eigenvalue weighted by Gasteiger charge is -2.14. The molecule has 1 aromatic rings. The molecule has 0 fully saturated rings. The minimum atomic E-state index is -2.95. The maximum Gasteiger partial charge on any atom is 0.387 e. The molecule has 0 aliphatic rings. The van der Waals surface area contributed by atoms with Gasteiger partial charge in [-0.15, -0.1) is 0 Å². The number of alkyl halides is 2. The molecule has 4 nitrogen and oxygen atoms in total. The van der Waals surface area contributed by atoms with Gasteiger partial charge in [0.05, 0.1) is 25.2 Å². The van der Waals surface area contributed by atoms with E-state index in [1.165, 1.54) is 19.2 Å². The number of benzene rings is 1. The van der Waals surface area contributed by atoms with E-state index < -0.39 is 12.6 Å². The number of methoxy groups -OCH3 is 1. The quantitative estimate of drug-likeness (QED) is 0.770. The van der Waals surface area contributed by atoms with Crippen molar-refractivity contribution in [2.24, 2.45) is 0 Å². The van der Waals surface area contributed by atoms with Crippen molar-refractivity contribution in [3.63, 3.8) is 0 Å². The lowest BCUT2D eigenvalue weighted by molar-refractivity contribution is -0.139. The Morgan fingerprint density at radius 3 is 2.58 bits per heavy atom. The van der Waals surface area contributed by atoms with Crippen LogP contribution < -0.4 is 4.74 Å². The summed E-state index contributed by atoms with van der Waals surface area (Å²) in [4.78, 5) is 11.3. The second-order valence-electron chi connectivity index (χ2n) is 3.67. The van der Waals surface area contributed by atoms with Gasteiger partial charge in [0.2, 0.25) is 0 Å². The van der Waals surface area contributed by atoms with Gasteiger partial charge in [-0.25, -0.2) is 0 Å². The highest BCUT2D eigenvalue weighted by molar-refractivity contribution is 5.74. The monoisotopic (exact) mass is 269 g/mol. The summed E-state index contributed by atoms with van der Waals surface area (Å²) in [6.45, 7) is -1.22. The molecule has 0 unspecified atom stereocenters. The zero-order valence-electron chi connectivity index (χ0n) is 10.6. The Balaban J connectivity index is 3.29. The SMILES string of the molecule is CCc1c(OC(F)F)ccc(C#N)c1CC(=O)OC. The maximum atomic E-state index is 12.3. The van der Waals surface area contributed by atoms with Crippen LogP contribution in [0, 0.1) is 11.3 Å². The Morgan fingerprint density at radius 2 is 2.11 bits per heavy atom. The van der Waals surface area contributed by atoms with Crippen LogP contribution in [-0.2, 0) is 22.4 Å². The molecule has 0 saturated heterocycles. The van der Waals surface area contributed by atoms with Crippen molar-refractivity contribution >= 4 is 5.97 Å². The van der Waals surface area contributed by atoms with Crippen LogP contribution in [0.5, 0.6) is 5.75 Å². The van der Waals surface area contributed by atoms with E-state index in [1.807, 2.05) is 6.07 Å². The van der Waals surface area contributed by atoms with Crippen LogP contribution in [-0.4, -0.2) is 19.7 Å². The van der Waals surface area contributed by atoms with Gasteiger partial charge in [0, 0.05) is 0 Å². The fraction of sp³-hybridized carbons (Fsp3) is 0.385. The molecule has 1 aromatic carbocycles. The highest BCUT2D eigenvalue weighted by atomic mass is 19.3. The molecule has 0 aliphatic carbocycles. The van der Waals surface area contributed by atoms with E-state index in [1.54, 1.807) is 6.92 Å². The van der Waals surface area contributed by atoms with Crippen molar-refractivity contribution in [3.05, 3.63) is 28.8 Å². The molecule has 19 heavy (non-hydrogen) atoms. The summed E-state index contributed by atoms with van der Waals surface area (Å²) in [6.07, 6.45) is 0.215. The molecule has 0 saturated carbocycles. The highest BCUT2D eigenvalue weighted by Gasteiger charge is 2.18. The zero-order valence-corrected chi connectivity index (χ0v) is 10.6. The number of rotatable bonds is 5. The van der Waals surface area contributed by atoms with Crippen molar-refractivity contribution in [1.29, 1.82) is 5.26 Å². The minimum Gasteiger partial charge on any atom is -0.469 e. The Hall–Kier alpha value is -2.16. The van der Waals surface area contributed by atoms with Crippen molar-refractivity contribution in [3.8, 4) is 11.8 Å². The molecule has 102 valence electrons. The number of carbonyl (C=O) groups excluding carboxylic acids is 1. The molecular weight excluding hydrogens is 256 g/mol. The summed E-state index contributed by atoms with van der Waals surface area (Å²) in [6, 6.07) is 4.60. The maximum absolute atomic E-state index is 12.3. The van der Waals surface area contributed by atoms with Crippen LogP contribution in [0.1, 0.15) is 23.6 Å². The van der Waals surface area contributed by atoms with E-state index in [0.717, 1.165) is 0 Å². The van der Waals surface area contributed by atoms with E-state index in [0.29, 0.717) is 17.5 Å². The second kappa shape index (κ2) is 6.69. The van der Waals surface area contributed by atoms with Crippen molar-refractivity contribution < 1.29 is 23.0 Å². The van der Waals surface area contributed by atoms with E-state index in [4.69, 9.17) is 5.26 Å². The number of hydrogen-bond donors (Lipinski definition) is 0. The topological polar surface area (TPSA) is 59.3 Å². The van der Waals surface area contributed by atoms with Crippen LogP contribution in [0.15, 0.2) is 12.1 Å². The van der Waals surface area contributed by atoms with Gasteiger partial charge in [-0.3, -0.25) is 4.79 Å². The summed E-state index contributed by atoms with van der Waals surface area (Å²) in [5, 5.41) is 9.01.